The fourth-order valence-corrected chi connectivity index (χ4v) is 3.19. The molecule has 0 heterocycles. The molecule has 0 saturated carbocycles. The molecule has 152 valence electrons. The van der Waals surface area contributed by atoms with E-state index in [1.165, 1.54) is 0 Å². The number of nitrogens with zero attached hydrogens (tertiary/aromatic N) is 1. The van der Waals surface area contributed by atoms with Crippen LogP contribution in [0.4, 0.5) is 11.4 Å². The van der Waals surface area contributed by atoms with Crippen molar-refractivity contribution in [2.45, 2.75) is 0 Å². The second-order valence-corrected chi connectivity index (χ2v) is 6.93. The van der Waals surface area contributed by atoms with Crippen LogP contribution in [-0.4, -0.2) is 18.9 Å². The van der Waals surface area contributed by atoms with Gasteiger partial charge in [-0.15, -0.1) is 0 Å². The van der Waals surface area contributed by atoms with Gasteiger partial charge in [0.1, 0.15) is 0 Å². The van der Waals surface area contributed by atoms with E-state index in [1.807, 2.05) is 109 Å². The first kappa shape index (κ1) is 20.1. The highest BCUT2D eigenvalue weighted by Crippen LogP contribution is 2.22. The highest BCUT2D eigenvalue weighted by atomic mass is 16.5. The fourth-order valence-electron chi connectivity index (χ4n) is 3.19. The van der Waals surface area contributed by atoms with Gasteiger partial charge < -0.3 is 10.1 Å². The van der Waals surface area contributed by atoms with E-state index >= 15 is 0 Å². The molecule has 0 aromatic heterocycles. The van der Waals surface area contributed by atoms with E-state index in [0.717, 1.165) is 28.1 Å². The summed E-state index contributed by atoms with van der Waals surface area (Å²) in [5.74, 6) is 0.431. The summed E-state index contributed by atoms with van der Waals surface area (Å²) in [5, 5.41) is 2.90. The van der Waals surface area contributed by atoms with Gasteiger partial charge in [0.25, 0.3) is 5.91 Å². The van der Waals surface area contributed by atoms with E-state index in [0.29, 0.717) is 11.5 Å². The zero-order chi connectivity index (χ0) is 21.5. The number of amides is 1. The van der Waals surface area contributed by atoms with Crippen molar-refractivity contribution in [2.75, 3.05) is 12.4 Å². The number of rotatable bonds is 5. The lowest BCUT2D eigenvalue weighted by atomic mass is 10.0. The van der Waals surface area contributed by atoms with Gasteiger partial charge in [-0.1, -0.05) is 60.7 Å². The molecule has 4 aromatic carbocycles. The van der Waals surface area contributed by atoms with Crippen molar-refractivity contribution in [1.29, 1.82) is 0 Å². The Hall–Kier alpha value is -4.18. The Balaban J connectivity index is 1.49. The lowest BCUT2D eigenvalue weighted by Gasteiger charge is -2.08. The van der Waals surface area contributed by atoms with Crippen LogP contribution in [0.2, 0.25) is 0 Å². The van der Waals surface area contributed by atoms with E-state index in [9.17, 15) is 4.79 Å². The average molecular weight is 406 g/mol. The van der Waals surface area contributed by atoms with Gasteiger partial charge in [-0.05, 0) is 59.7 Å². The summed E-state index contributed by atoms with van der Waals surface area (Å²) >= 11 is 0. The zero-order valence-electron chi connectivity index (χ0n) is 17.2. The van der Waals surface area contributed by atoms with Crippen molar-refractivity contribution in [3.63, 3.8) is 0 Å². The SMILES string of the molecule is COC(=Nc1ccccc1)c1ccc(-c2ccc(C(=O)Nc3ccccc3)cc2)cc1. The van der Waals surface area contributed by atoms with Gasteiger partial charge in [0.15, 0.2) is 0 Å². The molecule has 4 heteroatoms. The molecular formula is C27H22N2O2. The van der Waals surface area contributed by atoms with Crippen molar-refractivity contribution >= 4 is 23.2 Å². The lowest BCUT2D eigenvalue weighted by molar-refractivity contribution is 0.102. The molecule has 0 bridgehead atoms. The number of benzene rings is 4. The number of aliphatic imine (C=N–C) groups is 1. The van der Waals surface area contributed by atoms with E-state index in [-0.39, 0.29) is 5.91 Å². The number of hydrogen-bond acceptors (Lipinski definition) is 3. The van der Waals surface area contributed by atoms with E-state index < -0.39 is 0 Å². The maximum Gasteiger partial charge on any atom is 0.255 e. The van der Waals surface area contributed by atoms with Gasteiger partial charge in [-0.25, -0.2) is 4.99 Å². The number of hydrogen-bond donors (Lipinski definition) is 1. The molecular weight excluding hydrogens is 384 g/mol. The highest BCUT2D eigenvalue weighted by molar-refractivity contribution is 6.04. The zero-order valence-corrected chi connectivity index (χ0v) is 17.2. The van der Waals surface area contributed by atoms with Crippen LogP contribution in [0.15, 0.2) is 114 Å². The molecule has 31 heavy (non-hydrogen) atoms. The number of carbonyl (C=O) groups excluding carboxylic acids is 1. The maximum absolute atomic E-state index is 12.4. The first-order valence-corrected chi connectivity index (χ1v) is 9.98. The second kappa shape index (κ2) is 9.55. The molecule has 1 amide bonds. The molecule has 1 N–H and O–H groups in total. The average Bonchev–Trinajstić information content (AvgIpc) is 2.84. The molecule has 0 radical (unpaired) electrons. The monoisotopic (exact) mass is 406 g/mol. The normalized spacial score (nSPS) is 11.1. The molecule has 0 spiro atoms. The number of nitrogens with one attached hydrogen (secondary N) is 1. The van der Waals surface area contributed by atoms with Crippen LogP contribution in [0.1, 0.15) is 15.9 Å². The van der Waals surface area contributed by atoms with Gasteiger partial charge in [-0.2, -0.15) is 0 Å². The fraction of sp³-hybridized carbons (Fsp3) is 0.0370. The van der Waals surface area contributed by atoms with Crippen molar-refractivity contribution < 1.29 is 9.53 Å². The number of methoxy groups -OCH3 is 1. The van der Waals surface area contributed by atoms with E-state index in [4.69, 9.17) is 4.74 Å². The minimum Gasteiger partial charge on any atom is -0.481 e. The summed E-state index contributed by atoms with van der Waals surface area (Å²) in [4.78, 5) is 17.0. The third-order valence-electron chi connectivity index (χ3n) is 4.82. The van der Waals surface area contributed by atoms with Crippen molar-refractivity contribution in [3.05, 3.63) is 120 Å². The van der Waals surface area contributed by atoms with Crippen LogP contribution in [-0.2, 0) is 4.74 Å². The second-order valence-electron chi connectivity index (χ2n) is 6.93. The molecule has 0 atom stereocenters. The Morgan fingerprint density at radius 1 is 0.677 bits per heavy atom. The summed E-state index contributed by atoms with van der Waals surface area (Å²) < 4.78 is 5.48. The van der Waals surface area contributed by atoms with Gasteiger partial charge in [-0.3, -0.25) is 4.79 Å². The largest absolute Gasteiger partial charge is 0.481 e. The molecule has 4 rings (SSSR count). The number of para-hydroxylation sites is 2. The standard InChI is InChI=1S/C27H22N2O2/c1-31-27(29-25-10-6-3-7-11-25)23-18-14-21(15-19-23)20-12-16-22(17-13-20)26(30)28-24-8-4-2-5-9-24/h2-19H,1H3,(H,28,30). The highest BCUT2D eigenvalue weighted by Gasteiger charge is 2.08. The molecule has 4 aromatic rings. The third kappa shape index (κ3) is 5.06. The minimum absolute atomic E-state index is 0.130. The Morgan fingerprint density at radius 3 is 1.74 bits per heavy atom. The first-order chi connectivity index (χ1) is 15.2. The maximum atomic E-state index is 12.4. The topological polar surface area (TPSA) is 50.7 Å². The summed E-state index contributed by atoms with van der Waals surface area (Å²) in [7, 11) is 1.62. The smallest absolute Gasteiger partial charge is 0.255 e. The minimum atomic E-state index is -0.130. The number of anilines is 1. The predicted octanol–water partition coefficient (Wildman–Crippen LogP) is 6.33. The molecule has 0 aliphatic heterocycles. The van der Waals surface area contributed by atoms with Crippen molar-refractivity contribution in [2.24, 2.45) is 4.99 Å². The summed E-state index contributed by atoms with van der Waals surface area (Å²) in [6, 6.07) is 34.7. The molecule has 0 unspecified atom stereocenters. The Morgan fingerprint density at radius 2 is 1.19 bits per heavy atom. The molecule has 4 nitrogen and oxygen atoms in total. The Kier molecular flexibility index (Phi) is 6.19. The van der Waals surface area contributed by atoms with Crippen molar-refractivity contribution in [1.82, 2.24) is 0 Å². The van der Waals surface area contributed by atoms with Crippen LogP contribution >= 0.6 is 0 Å². The van der Waals surface area contributed by atoms with Crippen molar-refractivity contribution in [3.8, 4) is 11.1 Å². The van der Waals surface area contributed by atoms with E-state index in [2.05, 4.69) is 10.3 Å². The van der Waals surface area contributed by atoms with Gasteiger partial charge in [0.2, 0.25) is 5.90 Å². The van der Waals surface area contributed by atoms with Crippen LogP contribution < -0.4 is 5.32 Å². The number of carbonyl (C=O) groups is 1. The number of ether oxygens (including phenoxy) is 1. The summed E-state index contributed by atoms with van der Waals surface area (Å²) in [5.41, 5.74) is 5.21. The molecule has 0 fully saturated rings. The predicted molar refractivity (Wildman–Crippen MR) is 126 cm³/mol. The lowest BCUT2D eigenvalue weighted by Crippen LogP contribution is -2.11. The first-order valence-electron chi connectivity index (χ1n) is 9.98. The summed E-state index contributed by atoms with van der Waals surface area (Å²) in [6.45, 7) is 0. The molecule has 0 saturated heterocycles. The van der Waals surface area contributed by atoms with Gasteiger partial charge in [0, 0.05) is 16.8 Å². The van der Waals surface area contributed by atoms with Gasteiger partial charge in [0.05, 0.1) is 12.8 Å². The Bertz CT molecular complexity index is 1170. The molecule has 0 aliphatic carbocycles. The van der Waals surface area contributed by atoms with E-state index in [1.54, 1.807) is 7.11 Å². The summed E-state index contributed by atoms with van der Waals surface area (Å²) in [6.07, 6.45) is 0. The Labute approximate surface area is 181 Å². The van der Waals surface area contributed by atoms with Crippen LogP contribution in [0, 0.1) is 0 Å². The quantitative estimate of drug-likeness (QED) is 0.311. The van der Waals surface area contributed by atoms with Crippen LogP contribution in [0.25, 0.3) is 11.1 Å². The third-order valence-corrected chi connectivity index (χ3v) is 4.82. The molecule has 0 aliphatic rings. The van der Waals surface area contributed by atoms with Gasteiger partial charge >= 0.3 is 0 Å². The van der Waals surface area contributed by atoms with Crippen LogP contribution in [0.5, 0.6) is 0 Å². The van der Waals surface area contributed by atoms with Crippen LogP contribution in [0.3, 0.4) is 0 Å².